The number of hydrogen-bond donors (Lipinski definition) is 1. The molecule has 0 unspecified atom stereocenters. The van der Waals surface area contributed by atoms with Crippen molar-refractivity contribution in [3.8, 4) is 0 Å². The van der Waals surface area contributed by atoms with Crippen LogP contribution in [-0.2, 0) is 13.1 Å². The van der Waals surface area contributed by atoms with E-state index in [1.165, 1.54) is 24.2 Å². The van der Waals surface area contributed by atoms with E-state index in [1.807, 2.05) is 17.5 Å². The fourth-order valence-electron chi connectivity index (χ4n) is 2.24. The Hall–Kier alpha value is -1.59. The van der Waals surface area contributed by atoms with Gasteiger partial charge in [0, 0.05) is 24.7 Å². The van der Waals surface area contributed by atoms with Gasteiger partial charge in [0.2, 0.25) is 0 Å². The van der Waals surface area contributed by atoms with Gasteiger partial charge >= 0.3 is 5.97 Å². The molecule has 0 aliphatic heterocycles. The van der Waals surface area contributed by atoms with Gasteiger partial charge < -0.3 is 9.52 Å². The van der Waals surface area contributed by atoms with Crippen LogP contribution in [0.25, 0.3) is 0 Å². The van der Waals surface area contributed by atoms with Gasteiger partial charge in [0.25, 0.3) is 0 Å². The van der Waals surface area contributed by atoms with E-state index in [0.717, 1.165) is 17.7 Å². The molecule has 0 bridgehead atoms. The number of carboxylic acid groups (broad SMARTS) is 1. The maximum Gasteiger partial charge on any atom is 0.346 e. The average molecular weight is 277 g/mol. The standard InChI is InChI=1S/C14H15NO3S/c16-14(17)13-11(4-6-19-13)8-15(12-1-2-12)7-10-3-5-18-9-10/h3-6,9,12H,1-2,7-8H2,(H,16,17). The Kier molecular flexibility index (Phi) is 3.40. The number of aromatic carboxylic acids is 1. The molecule has 0 aromatic carbocycles. The number of furan rings is 1. The molecule has 1 saturated carbocycles. The third kappa shape index (κ3) is 2.88. The molecule has 1 aliphatic carbocycles. The molecule has 4 nitrogen and oxygen atoms in total. The summed E-state index contributed by atoms with van der Waals surface area (Å²) in [4.78, 5) is 13.9. The third-order valence-electron chi connectivity index (χ3n) is 3.34. The molecule has 1 N–H and O–H groups in total. The van der Waals surface area contributed by atoms with Crippen molar-refractivity contribution in [1.29, 1.82) is 0 Å². The predicted molar refractivity (Wildman–Crippen MR) is 72.3 cm³/mol. The summed E-state index contributed by atoms with van der Waals surface area (Å²) < 4.78 is 5.09. The topological polar surface area (TPSA) is 53.7 Å². The monoisotopic (exact) mass is 277 g/mol. The van der Waals surface area contributed by atoms with Crippen molar-refractivity contribution in [2.24, 2.45) is 0 Å². The van der Waals surface area contributed by atoms with Gasteiger partial charge in [-0.15, -0.1) is 11.3 Å². The van der Waals surface area contributed by atoms with Gasteiger partial charge in [-0.1, -0.05) is 0 Å². The van der Waals surface area contributed by atoms with Crippen LogP contribution in [0.5, 0.6) is 0 Å². The highest BCUT2D eigenvalue weighted by atomic mass is 32.1. The minimum Gasteiger partial charge on any atom is -0.477 e. The van der Waals surface area contributed by atoms with Crippen molar-refractivity contribution < 1.29 is 14.3 Å². The lowest BCUT2D eigenvalue weighted by Gasteiger charge is -2.21. The second-order valence-corrected chi connectivity index (χ2v) is 5.76. The Balaban J connectivity index is 1.74. The summed E-state index contributed by atoms with van der Waals surface area (Å²) in [5, 5.41) is 11.0. The number of rotatable bonds is 6. The van der Waals surface area contributed by atoms with Gasteiger partial charge in [0.1, 0.15) is 4.88 Å². The molecule has 1 fully saturated rings. The highest BCUT2D eigenvalue weighted by molar-refractivity contribution is 7.12. The van der Waals surface area contributed by atoms with E-state index in [2.05, 4.69) is 4.90 Å². The van der Waals surface area contributed by atoms with Gasteiger partial charge in [-0.25, -0.2) is 4.79 Å². The highest BCUT2D eigenvalue weighted by Crippen LogP contribution is 2.31. The first kappa shape index (κ1) is 12.4. The lowest BCUT2D eigenvalue weighted by atomic mass is 10.2. The minimum absolute atomic E-state index is 0.456. The van der Waals surface area contributed by atoms with Crippen LogP contribution in [0.4, 0.5) is 0 Å². The molecule has 19 heavy (non-hydrogen) atoms. The molecule has 0 spiro atoms. The van der Waals surface area contributed by atoms with Gasteiger partial charge in [0.05, 0.1) is 12.5 Å². The van der Waals surface area contributed by atoms with Crippen LogP contribution in [0.15, 0.2) is 34.5 Å². The summed E-state index contributed by atoms with van der Waals surface area (Å²) in [6.45, 7) is 1.51. The van der Waals surface area contributed by atoms with E-state index >= 15 is 0 Å². The quantitative estimate of drug-likeness (QED) is 0.881. The van der Waals surface area contributed by atoms with E-state index < -0.39 is 5.97 Å². The van der Waals surface area contributed by atoms with Gasteiger partial charge in [0.15, 0.2) is 0 Å². The number of nitrogens with zero attached hydrogens (tertiary/aromatic N) is 1. The first-order chi connectivity index (χ1) is 9.24. The Morgan fingerprint density at radius 2 is 2.26 bits per heavy atom. The summed E-state index contributed by atoms with van der Waals surface area (Å²) in [5.74, 6) is -0.830. The fourth-order valence-corrected chi connectivity index (χ4v) is 2.99. The van der Waals surface area contributed by atoms with E-state index in [0.29, 0.717) is 17.5 Å². The summed E-state index contributed by atoms with van der Waals surface area (Å²) >= 11 is 1.29. The average Bonchev–Trinajstić information content (AvgIpc) is 2.90. The molecule has 2 heterocycles. The maximum atomic E-state index is 11.1. The van der Waals surface area contributed by atoms with Gasteiger partial charge in [-0.2, -0.15) is 0 Å². The fraction of sp³-hybridized carbons (Fsp3) is 0.357. The van der Waals surface area contributed by atoms with Crippen LogP contribution in [-0.4, -0.2) is 22.0 Å². The lowest BCUT2D eigenvalue weighted by molar-refractivity contribution is 0.0699. The van der Waals surface area contributed by atoms with Crippen molar-refractivity contribution >= 4 is 17.3 Å². The van der Waals surface area contributed by atoms with E-state index in [-0.39, 0.29) is 0 Å². The van der Waals surface area contributed by atoms with Crippen molar-refractivity contribution in [3.05, 3.63) is 46.0 Å². The molecule has 5 heteroatoms. The number of hydrogen-bond acceptors (Lipinski definition) is 4. The third-order valence-corrected chi connectivity index (χ3v) is 4.29. The summed E-state index contributed by atoms with van der Waals surface area (Å²) in [5.41, 5.74) is 2.05. The summed E-state index contributed by atoms with van der Waals surface area (Å²) in [6.07, 6.45) is 5.82. The van der Waals surface area contributed by atoms with Crippen molar-refractivity contribution in [2.45, 2.75) is 32.0 Å². The first-order valence-electron chi connectivity index (χ1n) is 6.29. The molecule has 2 aromatic heterocycles. The van der Waals surface area contributed by atoms with Crippen LogP contribution in [0.3, 0.4) is 0 Å². The largest absolute Gasteiger partial charge is 0.477 e. The Bertz CT molecular complexity index is 557. The van der Waals surface area contributed by atoms with Crippen LogP contribution in [0.2, 0.25) is 0 Å². The SMILES string of the molecule is O=C(O)c1sccc1CN(Cc1ccoc1)C1CC1. The van der Waals surface area contributed by atoms with E-state index in [9.17, 15) is 4.79 Å². The molecule has 100 valence electrons. The molecule has 2 aromatic rings. The van der Waals surface area contributed by atoms with Crippen LogP contribution in [0, 0.1) is 0 Å². The highest BCUT2D eigenvalue weighted by Gasteiger charge is 2.30. The van der Waals surface area contributed by atoms with Gasteiger partial charge in [-0.05, 0) is 35.9 Å². The molecule has 0 atom stereocenters. The zero-order valence-corrected chi connectivity index (χ0v) is 11.2. The maximum absolute atomic E-state index is 11.1. The van der Waals surface area contributed by atoms with Crippen molar-refractivity contribution in [3.63, 3.8) is 0 Å². The van der Waals surface area contributed by atoms with Crippen LogP contribution >= 0.6 is 11.3 Å². The molecule has 0 saturated heterocycles. The summed E-state index contributed by atoms with van der Waals surface area (Å²) in [7, 11) is 0. The van der Waals surface area contributed by atoms with Gasteiger partial charge in [-0.3, -0.25) is 4.90 Å². The molecular formula is C14H15NO3S. The smallest absolute Gasteiger partial charge is 0.346 e. The van der Waals surface area contributed by atoms with Crippen molar-refractivity contribution in [2.75, 3.05) is 0 Å². The zero-order valence-electron chi connectivity index (χ0n) is 10.4. The number of thiophene rings is 1. The Morgan fingerprint density at radius 3 is 2.89 bits per heavy atom. The number of carboxylic acids is 1. The summed E-state index contributed by atoms with van der Waals surface area (Å²) in [6, 6.07) is 4.46. The lowest BCUT2D eigenvalue weighted by Crippen LogP contribution is -2.25. The van der Waals surface area contributed by atoms with Crippen molar-refractivity contribution in [1.82, 2.24) is 4.90 Å². The molecular weight excluding hydrogens is 262 g/mol. The minimum atomic E-state index is -0.830. The molecule has 0 radical (unpaired) electrons. The second-order valence-electron chi connectivity index (χ2n) is 4.85. The molecule has 1 aliphatic rings. The Morgan fingerprint density at radius 1 is 1.42 bits per heavy atom. The molecule has 0 amide bonds. The molecule has 3 rings (SSSR count). The van der Waals surface area contributed by atoms with Crippen LogP contribution < -0.4 is 0 Å². The predicted octanol–water partition coefficient (Wildman–Crippen LogP) is 3.20. The first-order valence-corrected chi connectivity index (χ1v) is 7.17. The zero-order chi connectivity index (χ0) is 13.2. The van der Waals surface area contributed by atoms with E-state index in [1.54, 1.807) is 12.5 Å². The normalized spacial score (nSPS) is 15.0. The number of carbonyl (C=O) groups is 1. The second kappa shape index (κ2) is 5.19. The van der Waals surface area contributed by atoms with Crippen LogP contribution in [0.1, 0.15) is 33.6 Å². The van der Waals surface area contributed by atoms with E-state index in [4.69, 9.17) is 9.52 Å². The Labute approximate surface area is 115 Å².